The van der Waals surface area contributed by atoms with Crippen molar-refractivity contribution in [1.82, 2.24) is 9.78 Å². The Kier molecular flexibility index (Phi) is 4.76. The van der Waals surface area contributed by atoms with Gasteiger partial charge in [-0.2, -0.15) is 10.4 Å². The molecule has 0 bridgehead atoms. The van der Waals surface area contributed by atoms with Gasteiger partial charge in [0.25, 0.3) is 5.91 Å². The van der Waals surface area contributed by atoms with E-state index < -0.39 is 18.8 Å². The highest BCUT2D eigenvalue weighted by atomic mass is 19.1. The lowest BCUT2D eigenvalue weighted by atomic mass is 9.79. The molecule has 2 aromatic rings. The monoisotopic (exact) mass is 385 g/mol. The van der Waals surface area contributed by atoms with Crippen molar-refractivity contribution in [3.63, 3.8) is 0 Å². The summed E-state index contributed by atoms with van der Waals surface area (Å²) in [5, 5.41) is 26.4. The Balaban J connectivity index is 1.68. The number of halogens is 1. The average molecular weight is 385 g/mol. The minimum atomic E-state index is -1.21. The van der Waals surface area contributed by atoms with E-state index in [2.05, 4.69) is 16.5 Å². The lowest BCUT2D eigenvalue weighted by molar-refractivity contribution is 0.0342. The Bertz CT molecular complexity index is 975. The minimum Gasteiger partial charge on any atom is -0.423 e. The Morgan fingerprint density at radius 2 is 2.36 bits per heavy atom. The van der Waals surface area contributed by atoms with Gasteiger partial charge in [0, 0.05) is 24.1 Å². The number of nitrogens with one attached hydrogen (secondary N) is 1. The van der Waals surface area contributed by atoms with Crippen LogP contribution in [-0.4, -0.2) is 41.0 Å². The van der Waals surface area contributed by atoms with E-state index in [0.717, 1.165) is 0 Å². The number of nitriles is 1. The fourth-order valence-electron chi connectivity index (χ4n) is 3.46. The molecular weight excluding hydrogens is 368 g/mol. The lowest BCUT2D eigenvalue weighted by Gasteiger charge is -2.26. The number of carbonyl (C=O) groups is 1. The van der Waals surface area contributed by atoms with Crippen molar-refractivity contribution in [2.24, 2.45) is 11.7 Å². The first kappa shape index (κ1) is 18.4. The molecule has 0 aliphatic carbocycles. The maximum atomic E-state index is 14.3. The molecule has 3 heterocycles. The van der Waals surface area contributed by atoms with Crippen LogP contribution in [0.4, 0.5) is 15.9 Å². The third-order valence-corrected chi connectivity index (χ3v) is 4.97. The zero-order valence-electron chi connectivity index (χ0n) is 14.8. The number of fused-ring (bicyclic) bond motifs is 1. The van der Waals surface area contributed by atoms with E-state index in [4.69, 9.17) is 15.1 Å². The van der Waals surface area contributed by atoms with Gasteiger partial charge in [0.15, 0.2) is 5.82 Å². The number of ether oxygens (including phenoxy) is 1. The molecule has 144 valence electrons. The molecule has 4 rings (SSSR count). The molecule has 1 saturated heterocycles. The van der Waals surface area contributed by atoms with E-state index in [1.165, 1.54) is 23.0 Å². The van der Waals surface area contributed by atoms with Crippen molar-refractivity contribution in [3.8, 4) is 6.07 Å². The van der Waals surface area contributed by atoms with Crippen molar-refractivity contribution >= 4 is 30.0 Å². The number of rotatable bonds is 4. The quantitative estimate of drug-likeness (QED) is 0.639. The van der Waals surface area contributed by atoms with E-state index in [1.807, 2.05) is 0 Å². The first-order chi connectivity index (χ1) is 13.5. The Morgan fingerprint density at radius 3 is 3.11 bits per heavy atom. The summed E-state index contributed by atoms with van der Waals surface area (Å²) in [5.74, 6) is -1.44. The molecule has 4 N–H and O–H groups in total. The summed E-state index contributed by atoms with van der Waals surface area (Å²) in [7, 11) is -1.21. The van der Waals surface area contributed by atoms with Crippen LogP contribution in [0.3, 0.4) is 0 Å². The zero-order valence-corrected chi connectivity index (χ0v) is 14.8. The molecular formula is C17H17BFN5O4. The van der Waals surface area contributed by atoms with Gasteiger partial charge >= 0.3 is 7.12 Å². The Morgan fingerprint density at radius 1 is 1.54 bits per heavy atom. The summed E-state index contributed by atoms with van der Waals surface area (Å²) in [6.45, 7) is 0.762. The molecule has 1 aromatic heterocycles. The van der Waals surface area contributed by atoms with Crippen LogP contribution in [0.2, 0.25) is 0 Å². The largest absolute Gasteiger partial charge is 0.491 e. The highest BCUT2D eigenvalue weighted by molar-refractivity contribution is 6.61. The van der Waals surface area contributed by atoms with Crippen LogP contribution in [0.1, 0.15) is 28.4 Å². The number of nitrogens with zero attached hydrogens (tertiary/aromatic N) is 3. The third-order valence-electron chi connectivity index (χ3n) is 4.97. The number of hydrogen-bond acceptors (Lipinski definition) is 7. The molecule has 11 heteroatoms. The first-order valence-corrected chi connectivity index (χ1v) is 8.73. The maximum absolute atomic E-state index is 14.3. The van der Waals surface area contributed by atoms with Crippen LogP contribution < -0.4 is 16.5 Å². The van der Waals surface area contributed by atoms with Crippen molar-refractivity contribution < 1.29 is 23.6 Å². The summed E-state index contributed by atoms with van der Waals surface area (Å²) in [5.41, 5.74) is 6.44. The predicted molar refractivity (Wildman–Crippen MR) is 96.4 cm³/mol. The normalized spacial score (nSPS) is 21.2. The summed E-state index contributed by atoms with van der Waals surface area (Å²) in [6, 6.07) is 4.63. The molecule has 9 nitrogen and oxygen atoms in total. The van der Waals surface area contributed by atoms with Gasteiger partial charge in [0.05, 0.1) is 31.2 Å². The van der Waals surface area contributed by atoms with Crippen LogP contribution in [0, 0.1) is 23.1 Å². The van der Waals surface area contributed by atoms with Crippen LogP contribution in [0.15, 0.2) is 18.3 Å². The molecule has 2 aliphatic heterocycles. The number of hydrogen-bond donors (Lipinski definition) is 3. The topological polar surface area (TPSA) is 135 Å². The predicted octanol–water partition coefficient (Wildman–Crippen LogP) is 0.184. The van der Waals surface area contributed by atoms with Gasteiger partial charge in [-0.05, 0) is 24.0 Å². The summed E-state index contributed by atoms with van der Waals surface area (Å²) >= 11 is 0. The molecule has 0 saturated carbocycles. The molecule has 0 radical (unpaired) electrons. The van der Waals surface area contributed by atoms with E-state index in [9.17, 15) is 19.5 Å². The summed E-state index contributed by atoms with van der Waals surface area (Å²) < 4.78 is 26.2. The van der Waals surface area contributed by atoms with Crippen molar-refractivity contribution in [2.75, 3.05) is 18.5 Å². The fourth-order valence-corrected chi connectivity index (χ4v) is 3.46. The second-order valence-electron chi connectivity index (χ2n) is 6.72. The second-order valence-corrected chi connectivity index (χ2v) is 6.72. The molecule has 0 spiro atoms. The number of carbonyl (C=O) groups excluding carboxylic acids is 1. The number of amides is 1. The van der Waals surface area contributed by atoms with Gasteiger partial charge < -0.3 is 25.5 Å². The highest BCUT2D eigenvalue weighted by Gasteiger charge is 2.32. The minimum absolute atomic E-state index is 0.0129. The van der Waals surface area contributed by atoms with Gasteiger partial charge in [-0.1, -0.05) is 0 Å². The molecule has 1 aromatic carbocycles. The van der Waals surface area contributed by atoms with E-state index in [0.29, 0.717) is 18.5 Å². The van der Waals surface area contributed by atoms with Crippen molar-refractivity contribution in [1.29, 1.82) is 5.26 Å². The Hall–Kier alpha value is -2.94. The molecule has 1 fully saturated rings. The fraction of sp³-hybridized carbons (Fsp3) is 0.353. The van der Waals surface area contributed by atoms with Crippen LogP contribution in [0.25, 0.3) is 0 Å². The highest BCUT2D eigenvalue weighted by Crippen LogP contribution is 2.29. The van der Waals surface area contributed by atoms with E-state index >= 15 is 0 Å². The number of benzene rings is 1. The standard InChI is InChI=1S/C17H17BFN5O4/c19-14-4-10(3-13-12(14)7-28-18(13)26)22-17-11(16(21)25)6-24(23-17)15-8-27-2-1-9(15)5-20/h3-4,6,9,15,26H,1-2,7-8H2,(H2,21,25)(H,22,23)/t9-,15+/m0/s1. The van der Waals surface area contributed by atoms with Crippen molar-refractivity contribution in [2.45, 2.75) is 19.1 Å². The molecule has 2 aliphatic rings. The van der Waals surface area contributed by atoms with Gasteiger partial charge in [0.1, 0.15) is 11.4 Å². The third kappa shape index (κ3) is 3.22. The molecule has 28 heavy (non-hydrogen) atoms. The van der Waals surface area contributed by atoms with E-state index in [1.54, 1.807) is 0 Å². The van der Waals surface area contributed by atoms with Gasteiger partial charge in [0.2, 0.25) is 0 Å². The Labute approximate surface area is 160 Å². The van der Waals surface area contributed by atoms with Crippen molar-refractivity contribution in [3.05, 3.63) is 35.3 Å². The van der Waals surface area contributed by atoms with E-state index in [-0.39, 0.29) is 47.8 Å². The average Bonchev–Trinajstić information content (AvgIpc) is 3.26. The zero-order chi connectivity index (χ0) is 19.8. The lowest BCUT2D eigenvalue weighted by Crippen LogP contribution is -2.29. The number of anilines is 2. The number of aromatic nitrogens is 2. The van der Waals surface area contributed by atoms with Crippen LogP contribution >= 0.6 is 0 Å². The van der Waals surface area contributed by atoms with Crippen LogP contribution in [-0.2, 0) is 16.0 Å². The molecule has 1 amide bonds. The SMILES string of the molecule is N#C[C@@H]1CCOC[C@H]1n1cc(C(N)=O)c(Nc2cc(F)c3c(c2)B(O)OC3)n1. The van der Waals surface area contributed by atoms with Crippen LogP contribution in [0.5, 0.6) is 0 Å². The summed E-state index contributed by atoms with van der Waals surface area (Å²) in [6.07, 6.45) is 2.01. The number of nitrogens with two attached hydrogens (primary N) is 1. The molecule has 2 atom stereocenters. The van der Waals surface area contributed by atoms with Gasteiger partial charge in [-0.25, -0.2) is 4.39 Å². The van der Waals surface area contributed by atoms with Gasteiger partial charge in [-0.15, -0.1) is 0 Å². The smallest absolute Gasteiger partial charge is 0.423 e. The second kappa shape index (κ2) is 7.24. The van der Waals surface area contributed by atoms with Gasteiger partial charge in [-0.3, -0.25) is 9.48 Å². The first-order valence-electron chi connectivity index (χ1n) is 8.73. The summed E-state index contributed by atoms with van der Waals surface area (Å²) in [4.78, 5) is 11.9. The number of primary amides is 1. The molecule has 0 unspecified atom stereocenters. The maximum Gasteiger partial charge on any atom is 0.491 e.